The summed E-state index contributed by atoms with van der Waals surface area (Å²) in [6.45, 7) is 3.62. The third kappa shape index (κ3) is 2.58. The summed E-state index contributed by atoms with van der Waals surface area (Å²) in [5.74, 6) is -0.547. The van der Waals surface area contributed by atoms with E-state index >= 15 is 0 Å². The zero-order valence-corrected chi connectivity index (χ0v) is 11.8. The first-order chi connectivity index (χ1) is 9.58. The van der Waals surface area contributed by atoms with E-state index in [0.717, 1.165) is 0 Å². The molecule has 1 aromatic carbocycles. The molecule has 0 aliphatic carbocycles. The minimum Gasteiger partial charge on any atom is -0.461 e. The topological polar surface area (TPSA) is 61.2 Å². The van der Waals surface area contributed by atoms with Crippen LogP contribution in [0.3, 0.4) is 0 Å². The van der Waals surface area contributed by atoms with Crippen LogP contribution in [0.25, 0.3) is 5.69 Å². The minimum atomic E-state index is -0.547. The standard InChI is InChI=1S/C14H13ClN2O3/c1-3-20-14(19)13-9(2)12(8-18)17(16-13)11-6-4-5-10(15)7-11/h4-8H,3H2,1-2H3. The fourth-order valence-electron chi connectivity index (χ4n) is 1.85. The van der Waals surface area contributed by atoms with Crippen molar-refractivity contribution in [1.29, 1.82) is 0 Å². The van der Waals surface area contributed by atoms with E-state index in [2.05, 4.69) is 5.10 Å². The number of hydrogen-bond acceptors (Lipinski definition) is 4. The van der Waals surface area contributed by atoms with Crippen LogP contribution >= 0.6 is 11.6 Å². The Morgan fingerprint density at radius 3 is 2.85 bits per heavy atom. The lowest BCUT2D eigenvalue weighted by Crippen LogP contribution is -2.07. The average molecular weight is 293 g/mol. The molecule has 0 N–H and O–H groups in total. The first-order valence-corrected chi connectivity index (χ1v) is 6.44. The highest BCUT2D eigenvalue weighted by Gasteiger charge is 2.21. The molecule has 0 saturated heterocycles. The van der Waals surface area contributed by atoms with E-state index in [1.54, 1.807) is 38.1 Å². The Kier molecular flexibility index (Phi) is 4.20. The van der Waals surface area contributed by atoms with Crippen molar-refractivity contribution in [3.05, 3.63) is 46.2 Å². The highest BCUT2D eigenvalue weighted by atomic mass is 35.5. The summed E-state index contributed by atoms with van der Waals surface area (Å²) in [5, 5.41) is 4.68. The smallest absolute Gasteiger partial charge is 0.359 e. The number of carbonyl (C=O) groups is 2. The van der Waals surface area contributed by atoms with Gasteiger partial charge in [0, 0.05) is 10.6 Å². The number of halogens is 1. The summed E-state index contributed by atoms with van der Waals surface area (Å²) in [7, 11) is 0. The van der Waals surface area contributed by atoms with Gasteiger partial charge in [-0.3, -0.25) is 4.79 Å². The van der Waals surface area contributed by atoms with Gasteiger partial charge in [0.05, 0.1) is 12.3 Å². The predicted octanol–water partition coefficient (Wildman–Crippen LogP) is 2.82. The van der Waals surface area contributed by atoms with Crippen molar-refractivity contribution in [3.8, 4) is 5.69 Å². The number of carbonyl (C=O) groups excluding carboxylic acids is 2. The summed E-state index contributed by atoms with van der Waals surface area (Å²) < 4.78 is 6.31. The molecular weight excluding hydrogens is 280 g/mol. The Morgan fingerprint density at radius 1 is 1.50 bits per heavy atom. The number of hydrogen-bond donors (Lipinski definition) is 0. The Morgan fingerprint density at radius 2 is 2.25 bits per heavy atom. The molecule has 0 bridgehead atoms. The van der Waals surface area contributed by atoms with Crippen LogP contribution in [-0.2, 0) is 4.74 Å². The summed E-state index contributed by atoms with van der Waals surface area (Å²) >= 11 is 5.93. The van der Waals surface area contributed by atoms with Gasteiger partial charge in [0.2, 0.25) is 0 Å². The molecule has 5 nitrogen and oxygen atoms in total. The molecular formula is C14H13ClN2O3. The van der Waals surface area contributed by atoms with Crippen LogP contribution in [0.2, 0.25) is 5.02 Å². The first-order valence-electron chi connectivity index (χ1n) is 6.06. The van der Waals surface area contributed by atoms with E-state index < -0.39 is 5.97 Å². The number of rotatable bonds is 4. The lowest BCUT2D eigenvalue weighted by molar-refractivity contribution is 0.0518. The molecule has 0 saturated carbocycles. The van der Waals surface area contributed by atoms with Crippen molar-refractivity contribution in [2.45, 2.75) is 13.8 Å². The highest BCUT2D eigenvalue weighted by molar-refractivity contribution is 6.30. The van der Waals surface area contributed by atoms with Crippen LogP contribution in [-0.4, -0.2) is 28.6 Å². The second kappa shape index (κ2) is 5.88. The van der Waals surface area contributed by atoms with Gasteiger partial charge in [0.15, 0.2) is 12.0 Å². The molecule has 0 unspecified atom stereocenters. The first kappa shape index (κ1) is 14.3. The number of nitrogens with zero attached hydrogens (tertiary/aromatic N) is 2. The maximum absolute atomic E-state index is 11.8. The number of ether oxygens (including phenoxy) is 1. The van der Waals surface area contributed by atoms with Crippen molar-refractivity contribution < 1.29 is 14.3 Å². The second-order valence-electron chi connectivity index (χ2n) is 4.09. The molecule has 0 spiro atoms. The van der Waals surface area contributed by atoms with Gasteiger partial charge >= 0.3 is 5.97 Å². The van der Waals surface area contributed by atoms with Crippen LogP contribution in [0.4, 0.5) is 0 Å². The summed E-state index contributed by atoms with van der Waals surface area (Å²) in [5.41, 5.74) is 1.53. The molecule has 2 rings (SSSR count). The number of aldehydes is 1. The third-order valence-corrected chi connectivity index (χ3v) is 3.04. The van der Waals surface area contributed by atoms with Gasteiger partial charge in [-0.25, -0.2) is 9.48 Å². The summed E-state index contributed by atoms with van der Waals surface area (Å²) in [4.78, 5) is 23.1. The summed E-state index contributed by atoms with van der Waals surface area (Å²) in [6, 6.07) is 6.87. The van der Waals surface area contributed by atoms with Gasteiger partial charge in [-0.1, -0.05) is 17.7 Å². The minimum absolute atomic E-state index is 0.133. The van der Waals surface area contributed by atoms with Crippen molar-refractivity contribution in [2.24, 2.45) is 0 Å². The highest BCUT2D eigenvalue weighted by Crippen LogP contribution is 2.20. The van der Waals surface area contributed by atoms with E-state index in [1.165, 1.54) is 4.68 Å². The van der Waals surface area contributed by atoms with Crippen molar-refractivity contribution in [1.82, 2.24) is 9.78 Å². The van der Waals surface area contributed by atoms with Gasteiger partial charge in [0.1, 0.15) is 5.69 Å². The van der Waals surface area contributed by atoms with Gasteiger partial charge in [-0.05, 0) is 32.0 Å². The number of esters is 1. The quantitative estimate of drug-likeness (QED) is 0.642. The predicted molar refractivity (Wildman–Crippen MR) is 74.7 cm³/mol. The van der Waals surface area contributed by atoms with Crippen LogP contribution in [0.5, 0.6) is 0 Å². The monoisotopic (exact) mass is 292 g/mol. The Hall–Kier alpha value is -2.14. The molecule has 1 heterocycles. The lowest BCUT2D eigenvalue weighted by Gasteiger charge is -2.03. The molecule has 0 aliphatic rings. The van der Waals surface area contributed by atoms with E-state index in [-0.39, 0.29) is 12.3 Å². The number of benzene rings is 1. The molecule has 2 aromatic rings. The van der Waals surface area contributed by atoms with Crippen LogP contribution in [0.15, 0.2) is 24.3 Å². The maximum atomic E-state index is 11.8. The van der Waals surface area contributed by atoms with Crippen molar-refractivity contribution >= 4 is 23.9 Å². The van der Waals surface area contributed by atoms with Gasteiger partial charge in [-0.15, -0.1) is 0 Å². The fourth-order valence-corrected chi connectivity index (χ4v) is 2.03. The zero-order chi connectivity index (χ0) is 14.7. The largest absolute Gasteiger partial charge is 0.461 e. The fraction of sp³-hybridized carbons (Fsp3) is 0.214. The maximum Gasteiger partial charge on any atom is 0.359 e. The summed E-state index contributed by atoms with van der Waals surface area (Å²) in [6.07, 6.45) is 0.659. The van der Waals surface area contributed by atoms with Gasteiger partial charge < -0.3 is 4.74 Å². The van der Waals surface area contributed by atoms with E-state index in [0.29, 0.717) is 28.3 Å². The molecule has 0 atom stereocenters. The van der Waals surface area contributed by atoms with E-state index in [4.69, 9.17) is 16.3 Å². The van der Waals surface area contributed by atoms with E-state index in [1.807, 2.05) is 0 Å². The molecule has 0 fully saturated rings. The molecule has 1 aromatic heterocycles. The molecule has 104 valence electrons. The Labute approximate surface area is 121 Å². The average Bonchev–Trinajstić information content (AvgIpc) is 2.76. The van der Waals surface area contributed by atoms with Gasteiger partial charge in [-0.2, -0.15) is 5.10 Å². The Balaban J connectivity index is 2.57. The molecule has 0 aliphatic heterocycles. The van der Waals surface area contributed by atoms with E-state index in [9.17, 15) is 9.59 Å². The van der Waals surface area contributed by atoms with Crippen LogP contribution in [0.1, 0.15) is 33.5 Å². The third-order valence-electron chi connectivity index (χ3n) is 2.80. The molecule has 6 heteroatoms. The van der Waals surface area contributed by atoms with Crippen LogP contribution in [0, 0.1) is 6.92 Å². The Bertz CT molecular complexity index is 664. The lowest BCUT2D eigenvalue weighted by atomic mass is 10.2. The van der Waals surface area contributed by atoms with Gasteiger partial charge in [0.25, 0.3) is 0 Å². The van der Waals surface area contributed by atoms with Crippen LogP contribution < -0.4 is 0 Å². The molecule has 20 heavy (non-hydrogen) atoms. The molecule has 0 radical (unpaired) electrons. The molecule has 0 amide bonds. The zero-order valence-electron chi connectivity index (χ0n) is 11.1. The number of aromatic nitrogens is 2. The SMILES string of the molecule is CCOC(=O)c1nn(-c2cccc(Cl)c2)c(C=O)c1C. The van der Waals surface area contributed by atoms with Crippen molar-refractivity contribution in [3.63, 3.8) is 0 Å². The van der Waals surface area contributed by atoms with Crippen molar-refractivity contribution in [2.75, 3.05) is 6.61 Å². The second-order valence-corrected chi connectivity index (χ2v) is 4.53. The normalized spacial score (nSPS) is 10.3.